The minimum Gasteiger partial charge on any atom is -0.322 e. The highest BCUT2D eigenvalue weighted by Gasteiger charge is 2.16. The zero-order chi connectivity index (χ0) is 18.8. The topological polar surface area (TPSA) is 78.5 Å². The number of benzene rings is 2. The van der Waals surface area contributed by atoms with E-state index < -0.39 is 27.8 Å². The molecule has 0 aliphatic rings. The summed E-state index contributed by atoms with van der Waals surface area (Å²) in [6.07, 6.45) is 0. The van der Waals surface area contributed by atoms with E-state index in [0.29, 0.717) is 12.1 Å². The van der Waals surface area contributed by atoms with Gasteiger partial charge < -0.3 is 5.32 Å². The summed E-state index contributed by atoms with van der Waals surface area (Å²) in [6, 6.07) is 7.25. The predicted molar refractivity (Wildman–Crippen MR) is 92.0 cm³/mol. The van der Waals surface area contributed by atoms with E-state index in [0.717, 1.165) is 4.31 Å². The SMILES string of the molecule is CN(C)S(=O)(=O)Nc1cccc(NC(=O)c2cc(F)c(F)cc2Cl)c1. The molecule has 0 saturated carbocycles. The Balaban J connectivity index is 2.23. The fourth-order valence-corrected chi connectivity index (χ4v) is 2.64. The van der Waals surface area contributed by atoms with Crippen molar-refractivity contribution < 1.29 is 22.0 Å². The minimum atomic E-state index is -3.71. The van der Waals surface area contributed by atoms with Gasteiger partial charge in [0.1, 0.15) is 0 Å². The van der Waals surface area contributed by atoms with Gasteiger partial charge in [0, 0.05) is 19.8 Å². The number of nitrogens with zero attached hydrogens (tertiary/aromatic N) is 1. The summed E-state index contributed by atoms with van der Waals surface area (Å²) in [5.74, 6) is -3.14. The van der Waals surface area contributed by atoms with E-state index in [-0.39, 0.29) is 22.0 Å². The normalized spacial score (nSPS) is 11.4. The molecule has 10 heteroatoms. The lowest BCUT2D eigenvalue weighted by molar-refractivity contribution is 0.102. The van der Waals surface area contributed by atoms with Gasteiger partial charge in [-0.2, -0.15) is 12.7 Å². The van der Waals surface area contributed by atoms with E-state index in [1.54, 1.807) is 0 Å². The van der Waals surface area contributed by atoms with E-state index in [1.807, 2.05) is 0 Å². The fraction of sp³-hybridized carbons (Fsp3) is 0.133. The van der Waals surface area contributed by atoms with E-state index in [9.17, 15) is 22.0 Å². The number of hydrogen-bond acceptors (Lipinski definition) is 3. The molecule has 2 aromatic carbocycles. The van der Waals surface area contributed by atoms with Crippen molar-refractivity contribution >= 4 is 39.1 Å². The third kappa shape index (κ3) is 4.65. The summed E-state index contributed by atoms with van der Waals surface area (Å²) in [7, 11) is -0.987. The first-order valence-electron chi connectivity index (χ1n) is 6.86. The maximum atomic E-state index is 13.3. The van der Waals surface area contributed by atoms with Crippen LogP contribution in [0.3, 0.4) is 0 Å². The van der Waals surface area contributed by atoms with Crippen molar-refractivity contribution in [3.05, 3.63) is 58.6 Å². The third-order valence-electron chi connectivity index (χ3n) is 3.10. The van der Waals surface area contributed by atoms with E-state index in [4.69, 9.17) is 11.6 Å². The summed E-state index contributed by atoms with van der Waals surface area (Å²) in [6.45, 7) is 0. The number of nitrogens with one attached hydrogen (secondary N) is 2. The third-order valence-corrected chi connectivity index (χ3v) is 4.87. The van der Waals surface area contributed by atoms with Crippen molar-refractivity contribution in [2.24, 2.45) is 0 Å². The number of anilines is 2. The van der Waals surface area contributed by atoms with Crippen molar-refractivity contribution in [1.82, 2.24) is 4.31 Å². The Bertz CT molecular complexity index is 920. The molecule has 0 saturated heterocycles. The van der Waals surface area contributed by atoms with Crippen molar-refractivity contribution in [2.75, 3.05) is 24.1 Å². The van der Waals surface area contributed by atoms with Crippen molar-refractivity contribution in [1.29, 1.82) is 0 Å². The highest BCUT2D eigenvalue weighted by molar-refractivity contribution is 7.90. The predicted octanol–water partition coefficient (Wildman–Crippen LogP) is 3.09. The van der Waals surface area contributed by atoms with Crippen LogP contribution < -0.4 is 10.0 Å². The molecule has 6 nitrogen and oxygen atoms in total. The second-order valence-corrected chi connectivity index (χ2v) is 7.46. The monoisotopic (exact) mass is 389 g/mol. The van der Waals surface area contributed by atoms with Crippen LogP contribution in [0.4, 0.5) is 20.2 Å². The average molecular weight is 390 g/mol. The lowest BCUT2D eigenvalue weighted by Gasteiger charge is -2.14. The Hall–Kier alpha value is -2.23. The van der Waals surface area contributed by atoms with Crippen molar-refractivity contribution in [3.63, 3.8) is 0 Å². The zero-order valence-corrected chi connectivity index (χ0v) is 14.8. The Morgan fingerprint density at radius 3 is 2.32 bits per heavy atom. The molecule has 1 amide bonds. The van der Waals surface area contributed by atoms with E-state index >= 15 is 0 Å². The number of carbonyl (C=O) groups excluding carboxylic acids is 1. The summed E-state index contributed by atoms with van der Waals surface area (Å²) < 4.78 is 53.3. The molecule has 2 N–H and O–H groups in total. The summed E-state index contributed by atoms with van der Waals surface area (Å²) in [4.78, 5) is 12.2. The number of amides is 1. The van der Waals surface area contributed by atoms with Crippen LogP contribution in [0.25, 0.3) is 0 Å². The van der Waals surface area contributed by atoms with Crippen LogP contribution in [-0.2, 0) is 10.2 Å². The van der Waals surface area contributed by atoms with Gasteiger partial charge in [0.05, 0.1) is 16.3 Å². The van der Waals surface area contributed by atoms with Crippen LogP contribution in [0.2, 0.25) is 5.02 Å². The molecule has 0 fully saturated rings. The van der Waals surface area contributed by atoms with Gasteiger partial charge in [0.2, 0.25) is 0 Å². The smallest absolute Gasteiger partial charge is 0.301 e. The largest absolute Gasteiger partial charge is 0.322 e. The first-order chi connectivity index (χ1) is 11.6. The van der Waals surface area contributed by atoms with Crippen molar-refractivity contribution in [2.45, 2.75) is 0 Å². The molecule has 0 radical (unpaired) electrons. The summed E-state index contributed by atoms with van der Waals surface area (Å²) in [5, 5.41) is 2.19. The lowest BCUT2D eigenvalue weighted by Crippen LogP contribution is -2.28. The Labute approximate surface area is 148 Å². The number of carbonyl (C=O) groups is 1. The van der Waals surface area contributed by atoms with Gasteiger partial charge >= 0.3 is 10.2 Å². The fourth-order valence-electron chi connectivity index (χ4n) is 1.80. The summed E-state index contributed by atoms with van der Waals surface area (Å²) in [5.41, 5.74) is 0.201. The minimum absolute atomic E-state index is 0.211. The molecule has 0 aliphatic heterocycles. The molecule has 134 valence electrons. The molecule has 0 atom stereocenters. The first kappa shape index (κ1) is 19.1. The molecule has 0 bridgehead atoms. The second-order valence-electron chi connectivity index (χ2n) is 5.17. The molecule has 0 unspecified atom stereocenters. The molecular weight excluding hydrogens is 376 g/mol. The molecule has 25 heavy (non-hydrogen) atoms. The van der Waals surface area contributed by atoms with Crippen LogP contribution in [-0.4, -0.2) is 32.7 Å². The quantitative estimate of drug-likeness (QED) is 0.771. The van der Waals surface area contributed by atoms with Crippen LogP contribution in [0, 0.1) is 11.6 Å². The van der Waals surface area contributed by atoms with Crippen LogP contribution in [0.1, 0.15) is 10.4 Å². The van der Waals surface area contributed by atoms with Gasteiger partial charge in [-0.15, -0.1) is 0 Å². The second kappa shape index (κ2) is 7.34. The van der Waals surface area contributed by atoms with Gasteiger partial charge in [-0.1, -0.05) is 17.7 Å². The first-order valence-corrected chi connectivity index (χ1v) is 8.68. The highest BCUT2D eigenvalue weighted by atomic mass is 35.5. The molecular formula is C15H14ClF2N3O3S. The molecule has 2 rings (SSSR count). The Morgan fingerprint density at radius 2 is 1.68 bits per heavy atom. The lowest BCUT2D eigenvalue weighted by atomic mass is 10.2. The van der Waals surface area contributed by atoms with Crippen LogP contribution in [0.15, 0.2) is 36.4 Å². The van der Waals surface area contributed by atoms with Crippen LogP contribution >= 0.6 is 11.6 Å². The maximum Gasteiger partial charge on any atom is 0.301 e. The van der Waals surface area contributed by atoms with Gasteiger partial charge in [-0.05, 0) is 30.3 Å². The zero-order valence-electron chi connectivity index (χ0n) is 13.2. The van der Waals surface area contributed by atoms with E-state index in [1.165, 1.54) is 38.4 Å². The van der Waals surface area contributed by atoms with Gasteiger partial charge in [0.15, 0.2) is 11.6 Å². The average Bonchev–Trinajstić information content (AvgIpc) is 2.50. The number of hydrogen-bond donors (Lipinski definition) is 2. The number of rotatable bonds is 5. The molecule has 0 aromatic heterocycles. The van der Waals surface area contributed by atoms with Gasteiger partial charge in [-0.3, -0.25) is 9.52 Å². The standard InChI is InChI=1S/C15H14ClF2N3O3S/c1-21(2)25(23,24)20-10-5-3-4-9(6-10)19-15(22)11-7-13(17)14(18)8-12(11)16/h3-8,20H,1-2H3,(H,19,22). The van der Waals surface area contributed by atoms with Crippen molar-refractivity contribution in [3.8, 4) is 0 Å². The maximum absolute atomic E-state index is 13.3. The van der Waals surface area contributed by atoms with Gasteiger partial charge in [-0.25, -0.2) is 8.78 Å². The van der Waals surface area contributed by atoms with Gasteiger partial charge in [0.25, 0.3) is 5.91 Å². The van der Waals surface area contributed by atoms with Crippen LogP contribution in [0.5, 0.6) is 0 Å². The highest BCUT2D eigenvalue weighted by Crippen LogP contribution is 2.22. The number of halogens is 3. The molecule has 0 spiro atoms. The Morgan fingerprint density at radius 1 is 1.08 bits per heavy atom. The molecule has 2 aromatic rings. The Kier molecular flexibility index (Phi) is 5.61. The molecule has 0 heterocycles. The molecule has 0 aliphatic carbocycles. The summed E-state index contributed by atoms with van der Waals surface area (Å²) >= 11 is 5.75. The van der Waals surface area contributed by atoms with E-state index in [2.05, 4.69) is 10.0 Å².